The molecule has 3 atom stereocenters. The van der Waals surface area contributed by atoms with Crippen LogP contribution in [0, 0.1) is 0 Å². The van der Waals surface area contributed by atoms with E-state index < -0.39 is 41.5 Å². The average Bonchev–Trinajstić information content (AvgIpc) is 2.94. The number of nitrogens with one attached hydrogen (secondary N) is 4. The zero-order valence-corrected chi connectivity index (χ0v) is 21.2. The van der Waals surface area contributed by atoms with Crippen LogP contribution in [0.3, 0.4) is 0 Å². The van der Waals surface area contributed by atoms with Gasteiger partial charge in [-0.3, -0.25) is 19.6 Å². The zero-order chi connectivity index (χ0) is 27.7. The molecule has 3 aromatic rings. The third-order valence-electron chi connectivity index (χ3n) is 5.98. The fourth-order valence-corrected chi connectivity index (χ4v) is 3.61. The first kappa shape index (κ1) is 28.3. The van der Waals surface area contributed by atoms with Crippen molar-refractivity contribution in [1.29, 1.82) is 0 Å². The number of hydrogen-bond acceptors (Lipinski definition) is 8. The molecule has 1 heterocycles. The van der Waals surface area contributed by atoms with Crippen molar-refractivity contribution >= 4 is 29.2 Å². The topological polar surface area (TPSA) is 162 Å². The Balaban J connectivity index is 1.84. The van der Waals surface area contributed by atoms with Gasteiger partial charge in [0.15, 0.2) is 6.10 Å². The Hall–Kier alpha value is -4.32. The smallest absolute Gasteiger partial charge is 0.274 e. The number of hydrogen-bond donors (Lipinski definition) is 6. The van der Waals surface area contributed by atoms with Gasteiger partial charge in [-0.1, -0.05) is 48.5 Å². The highest BCUT2D eigenvalue weighted by molar-refractivity contribution is 6.00. The predicted molar refractivity (Wildman–Crippen MR) is 141 cm³/mol. The van der Waals surface area contributed by atoms with E-state index in [1.807, 2.05) is 42.5 Å². The molecular formula is C27H31N5O6. The van der Waals surface area contributed by atoms with Crippen molar-refractivity contribution in [2.24, 2.45) is 0 Å². The molecule has 11 nitrogen and oxygen atoms in total. The Morgan fingerprint density at radius 2 is 1.50 bits per heavy atom. The van der Waals surface area contributed by atoms with E-state index in [1.165, 1.54) is 18.8 Å². The van der Waals surface area contributed by atoms with Crippen molar-refractivity contribution in [3.8, 4) is 11.1 Å². The number of amides is 3. The Kier molecular flexibility index (Phi) is 9.49. The van der Waals surface area contributed by atoms with Crippen LogP contribution in [0.4, 0.5) is 11.5 Å². The monoisotopic (exact) mass is 521 g/mol. The minimum Gasteiger partial charge on any atom is -0.380 e. The highest BCUT2D eigenvalue weighted by Crippen LogP contribution is 2.22. The van der Waals surface area contributed by atoms with E-state index in [0.29, 0.717) is 5.69 Å². The van der Waals surface area contributed by atoms with Gasteiger partial charge in [0.25, 0.3) is 11.8 Å². The fourth-order valence-electron chi connectivity index (χ4n) is 3.61. The first-order chi connectivity index (χ1) is 18.2. The van der Waals surface area contributed by atoms with Crippen LogP contribution in [0.2, 0.25) is 0 Å². The van der Waals surface area contributed by atoms with Gasteiger partial charge in [-0.05, 0) is 49.2 Å². The maximum absolute atomic E-state index is 13.4. The minimum absolute atomic E-state index is 0.261. The van der Waals surface area contributed by atoms with Crippen LogP contribution in [0.5, 0.6) is 0 Å². The van der Waals surface area contributed by atoms with E-state index in [1.54, 1.807) is 44.2 Å². The first-order valence-corrected chi connectivity index (χ1v) is 11.8. The molecule has 0 saturated carbocycles. The summed E-state index contributed by atoms with van der Waals surface area (Å²) >= 11 is 0. The number of aliphatic hydroxyl groups excluding tert-OH is 1. The molecule has 0 aliphatic heterocycles. The van der Waals surface area contributed by atoms with E-state index in [9.17, 15) is 19.5 Å². The second-order valence-electron chi connectivity index (χ2n) is 8.94. The SMILES string of the molecule is COC(C)(C)C(NC(=O)C(Nc1ccc(-c2ccccc2)cc1)C(O)C(=O)NO)C(=O)Nc1ccccn1. The number of carbonyl (C=O) groups is 3. The van der Waals surface area contributed by atoms with Crippen LogP contribution in [-0.4, -0.2) is 63.9 Å². The highest BCUT2D eigenvalue weighted by Gasteiger charge is 2.40. The summed E-state index contributed by atoms with van der Waals surface area (Å²) in [6, 6.07) is 18.7. The molecule has 0 spiro atoms. The van der Waals surface area contributed by atoms with E-state index in [0.717, 1.165) is 11.1 Å². The summed E-state index contributed by atoms with van der Waals surface area (Å²) in [5.74, 6) is -2.47. The minimum atomic E-state index is -2.00. The van der Waals surface area contributed by atoms with Crippen LogP contribution in [0.25, 0.3) is 11.1 Å². The third kappa shape index (κ3) is 7.13. The van der Waals surface area contributed by atoms with Gasteiger partial charge in [-0.25, -0.2) is 10.5 Å². The lowest BCUT2D eigenvalue weighted by Gasteiger charge is -2.34. The predicted octanol–water partition coefficient (Wildman–Crippen LogP) is 1.94. The van der Waals surface area contributed by atoms with Gasteiger partial charge in [0.1, 0.15) is 17.9 Å². The summed E-state index contributed by atoms with van der Waals surface area (Å²) < 4.78 is 5.44. The molecule has 0 radical (unpaired) electrons. The summed E-state index contributed by atoms with van der Waals surface area (Å²) in [6.45, 7) is 3.19. The van der Waals surface area contributed by atoms with E-state index >= 15 is 0 Å². The van der Waals surface area contributed by atoms with E-state index in [2.05, 4.69) is 20.9 Å². The van der Waals surface area contributed by atoms with E-state index in [4.69, 9.17) is 9.94 Å². The molecule has 11 heteroatoms. The molecule has 6 N–H and O–H groups in total. The first-order valence-electron chi connectivity index (χ1n) is 11.8. The maximum atomic E-state index is 13.4. The lowest BCUT2D eigenvalue weighted by molar-refractivity contribution is -0.143. The third-order valence-corrected chi connectivity index (χ3v) is 5.98. The number of pyridine rings is 1. The van der Waals surface area contributed by atoms with Crippen molar-refractivity contribution in [3.05, 3.63) is 79.0 Å². The number of rotatable bonds is 11. The molecule has 0 saturated heterocycles. The molecule has 0 aliphatic carbocycles. The van der Waals surface area contributed by atoms with Crippen molar-refractivity contribution in [3.63, 3.8) is 0 Å². The molecule has 0 fully saturated rings. The van der Waals surface area contributed by atoms with Crippen LogP contribution >= 0.6 is 0 Å². The summed E-state index contributed by atoms with van der Waals surface area (Å²) in [4.78, 5) is 42.6. The Morgan fingerprint density at radius 3 is 2.08 bits per heavy atom. The van der Waals surface area contributed by atoms with Crippen LogP contribution in [-0.2, 0) is 19.1 Å². The lowest BCUT2D eigenvalue weighted by Crippen LogP contribution is -2.61. The number of methoxy groups -OCH3 is 1. The second-order valence-corrected chi connectivity index (χ2v) is 8.94. The van der Waals surface area contributed by atoms with Crippen LogP contribution in [0.1, 0.15) is 13.8 Å². The highest BCUT2D eigenvalue weighted by atomic mass is 16.5. The van der Waals surface area contributed by atoms with Crippen molar-refractivity contribution < 1.29 is 29.4 Å². The molecular weight excluding hydrogens is 490 g/mol. The van der Waals surface area contributed by atoms with Gasteiger partial charge < -0.3 is 25.8 Å². The van der Waals surface area contributed by atoms with Gasteiger partial charge in [0.05, 0.1) is 5.60 Å². The number of benzene rings is 2. The number of nitrogens with zero attached hydrogens (tertiary/aromatic N) is 1. The molecule has 3 rings (SSSR count). The zero-order valence-electron chi connectivity index (χ0n) is 21.2. The largest absolute Gasteiger partial charge is 0.380 e. The Morgan fingerprint density at radius 1 is 0.868 bits per heavy atom. The van der Waals surface area contributed by atoms with E-state index in [-0.39, 0.29) is 5.82 Å². The standard InChI is InChI=1S/C27H31N5O6/c1-27(2,38-3)23(26(36)30-20-11-7-8-16-28-20)31-24(34)21(22(33)25(35)32-37)29-19-14-12-18(13-15-19)17-9-5-4-6-10-17/h4-16,21-23,29,33,37H,1-3H3,(H,31,34)(H,32,35)(H,28,30,36). The Labute approximate surface area is 220 Å². The number of aromatic nitrogens is 1. The molecule has 3 amide bonds. The van der Waals surface area contributed by atoms with Crippen molar-refractivity contribution in [2.45, 2.75) is 37.6 Å². The number of carbonyl (C=O) groups excluding carboxylic acids is 3. The van der Waals surface area contributed by atoms with Crippen molar-refractivity contribution in [2.75, 3.05) is 17.7 Å². The fraction of sp³-hybridized carbons (Fsp3) is 0.259. The number of hydroxylamine groups is 1. The maximum Gasteiger partial charge on any atom is 0.274 e. The van der Waals surface area contributed by atoms with Crippen molar-refractivity contribution in [1.82, 2.24) is 15.8 Å². The molecule has 0 aliphatic rings. The van der Waals surface area contributed by atoms with Crippen LogP contribution in [0.15, 0.2) is 79.0 Å². The normalized spacial score (nSPS) is 13.5. The molecule has 1 aromatic heterocycles. The number of aliphatic hydroxyl groups is 1. The Bertz CT molecular complexity index is 1220. The summed E-state index contributed by atoms with van der Waals surface area (Å²) in [5.41, 5.74) is 2.46. The van der Waals surface area contributed by atoms with Gasteiger partial charge >= 0.3 is 0 Å². The van der Waals surface area contributed by atoms with Gasteiger partial charge in [-0.15, -0.1) is 0 Å². The lowest BCUT2D eigenvalue weighted by atomic mass is 9.96. The molecule has 2 aromatic carbocycles. The number of ether oxygens (including phenoxy) is 1. The van der Waals surface area contributed by atoms with Gasteiger partial charge in [-0.2, -0.15) is 0 Å². The molecule has 0 bridgehead atoms. The number of anilines is 2. The summed E-state index contributed by atoms with van der Waals surface area (Å²) in [7, 11) is 1.38. The quantitative estimate of drug-likeness (QED) is 0.165. The molecule has 38 heavy (non-hydrogen) atoms. The molecule has 200 valence electrons. The van der Waals surface area contributed by atoms with Gasteiger partial charge in [0.2, 0.25) is 5.91 Å². The summed E-state index contributed by atoms with van der Waals surface area (Å²) in [6.07, 6.45) is -0.503. The average molecular weight is 522 g/mol. The van der Waals surface area contributed by atoms with Crippen LogP contribution < -0.4 is 21.4 Å². The van der Waals surface area contributed by atoms with Gasteiger partial charge in [0, 0.05) is 19.0 Å². The second kappa shape index (κ2) is 12.8. The molecule has 3 unspecified atom stereocenters. The summed E-state index contributed by atoms with van der Waals surface area (Å²) in [5, 5.41) is 27.6.